The summed E-state index contributed by atoms with van der Waals surface area (Å²) in [6.07, 6.45) is 0. The van der Waals surface area contributed by atoms with Crippen molar-refractivity contribution in [3.63, 3.8) is 0 Å². The molecule has 0 aliphatic heterocycles. The molecular formula is C5H5Ce+2. The molecule has 0 N–H and O–H groups in total. The number of hydrogen-bond donors (Lipinski definition) is 0. The first-order chi connectivity index (χ1) is 2.50. The van der Waals surface area contributed by atoms with Gasteiger partial charge < -0.3 is 0 Å². The van der Waals surface area contributed by atoms with E-state index in [-0.39, 0.29) is 41.7 Å². The Labute approximate surface area is 71.3 Å². The van der Waals surface area contributed by atoms with Crippen LogP contribution in [0.15, 0.2) is 30.3 Å². The van der Waals surface area contributed by atoms with Crippen molar-refractivity contribution >= 4 is 0 Å². The van der Waals surface area contributed by atoms with Crippen LogP contribution in [0, 0.1) is 41.7 Å². The van der Waals surface area contributed by atoms with Gasteiger partial charge in [0.25, 0.3) is 0 Å². The second-order valence-electron chi connectivity index (χ2n) is 0.962. The van der Waals surface area contributed by atoms with Crippen LogP contribution in [0.4, 0.5) is 0 Å². The van der Waals surface area contributed by atoms with Crippen molar-refractivity contribution in [1.82, 2.24) is 0 Å². The van der Waals surface area contributed by atoms with Gasteiger partial charge in [-0.2, -0.15) is 18.2 Å². The Morgan fingerprint density at radius 1 is 1.00 bits per heavy atom. The molecule has 0 heterocycles. The van der Waals surface area contributed by atoms with E-state index in [1.165, 1.54) is 0 Å². The Morgan fingerprint density at radius 2 is 1.50 bits per heavy atom. The fourth-order valence-electron chi connectivity index (χ4n) is 0.321. The van der Waals surface area contributed by atoms with Crippen molar-refractivity contribution in [2.45, 2.75) is 0 Å². The third-order valence-electron chi connectivity index (χ3n) is 0.556. The van der Waals surface area contributed by atoms with Gasteiger partial charge in [0.15, 0.2) is 0 Å². The predicted octanol–water partition coefficient (Wildman–Crippen LogP) is 1.41. The predicted molar refractivity (Wildman–Crippen MR) is 22.0 cm³/mol. The average molecular weight is 205 g/mol. The van der Waals surface area contributed by atoms with Crippen LogP contribution < -0.4 is 0 Å². The van der Waals surface area contributed by atoms with Crippen LogP contribution in [0.1, 0.15) is 0 Å². The molecule has 1 heteroatoms. The van der Waals surface area contributed by atoms with Gasteiger partial charge in [-0.1, -0.05) is 0 Å². The van der Waals surface area contributed by atoms with Crippen molar-refractivity contribution < 1.29 is 41.7 Å². The smallest absolute Gasteiger partial charge is 0.214 e. The Bertz CT molecular complexity index is 60.4. The Balaban J connectivity index is 0.000000250. The molecule has 0 atom stereocenters. The quantitative estimate of drug-likeness (QED) is 0.562. The molecule has 27 valence electrons. The molecule has 1 radical (unpaired) electrons. The second kappa shape index (κ2) is 3.90. The molecule has 1 aromatic rings. The minimum Gasteiger partial charge on any atom is -0.214 e. The number of hydrogen-bond acceptors (Lipinski definition) is 0. The van der Waals surface area contributed by atoms with Crippen molar-refractivity contribution in [2.75, 3.05) is 0 Å². The van der Waals surface area contributed by atoms with Gasteiger partial charge in [0.2, 0.25) is 0 Å². The zero-order chi connectivity index (χ0) is 3.54. The van der Waals surface area contributed by atoms with Gasteiger partial charge >= 0.3 is 41.7 Å². The first-order valence-electron chi connectivity index (χ1n) is 1.67. The fourth-order valence-corrected chi connectivity index (χ4v) is 0.321. The summed E-state index contributed by atoms with van der Waals surface area (Å²) in [5, 5.41) is 0. The molecule has 1 aromatic carbocycles. The molecule has 1 rings (SSSR count). The third kappa shape index (κ3) is 2.00. The van der Waals surface area contributed by atoms with E-state index in [2.05, 4.69) is 0 Å². The Kier molecular flexibility index (Phi) is 4.37. The molecule has 0 spiro atoms. The second-order valence-corrected chi connectivity index (χ2v) is 0.962. The van der Waals surface area contributed by atoms with Crippen LogP contribution in [0.3, 0.4) is 0 Å². The first-order valence-corrected chi connectivity index (χ1v) is 1.67. The molecule has 0 unspecified atom stereocenters. The van der Waals surface area contributed by atoms with Gasteiger partial charge in [-0.15, -0.1) is 0 Å². The van der Waals surface area contributed by atoms with Gasteiger partial charge in [0.1, 0.15) is 0 Å². The van der Waals surface area contributed by atoms with E-state index >= 15 is 0 Å². The normalized spacial score (nSPS) is 6.67. The van der Waals surface area contributed by atoms with Gasteiger partial charge in [-0.3, -0.25) is 0 Å². The maximum atomic E-state index is 2.00. The third-order valence-corrected chi connectivity index (χ3v) is 0.556. The molecule has 0 aliphatic rings. The summed E-state index contributed by atoms with van der Waals surface area (Å²) in [6.45, 7) is 0. The van der Waals surface area contributed by atoms with E-state index in [4.69, 9.17) is 0 Å². The van der Waals surface area contributed by atoms with Crippen LogP contribution in [-0.2, 0) is 0 Å². The molecule has 0 aliphatic carbocycles. The summed E-state index contributed by atoms with van der Waals surface area (Å²) < 4.78 is 0. The van der Waals surface area contributed by atoms with Crippen molar-refractivity contribution in [1.29, 1.82) is 0 Å². The van der Waals surface area contributed by atoms with Gasteiger partial charge in [0.05, 0.1) is 0 Å². The molecule has 0 bridgehead atoms. The van der Waals surface area contributed by atoms with Crippen LogP contribution >= 0.6 is 0 Å². The zero-order valence-electron chi connectivity index (χ0n) is 3.39. The summed E-state index contributed by atoms with van der Waals surface area (Å²) >= 11 is 0. The molecule has 0 aromatic heterocycles. The Hall–Kier alpha value is 0.727. The van der Waals surface area contributed by atoms with Crippen molar-refractivity contribution in [2.24, 2.45) is 0 Å². The molecular weight excluding hydrogens is 200 g/mol. The van der Waals surface area contributed by atoms with E-state index in [0.29, 0.717) is 0 Å². The molecule has 0 saturated carbocycles. The van der Waals surface area contributed by atoms with Gasteiger partial charge in [-0.05, 0) is 0 Å². The molecule has 0 nitrogen and oxygen atoms in total. The summed E-state index contributed by atoms with van der Waals surface area (Å²) in [5.74, 6) is 0. The zero-order valence-corrected chi connectivity index (χ0v) is 6.53. The van der Waals surface area contributed by atoms with E-state index in [1.54, 1.807) is 0 Å². The van der Waals surface area contributed by atoms with Crippen molar-refractivity contribution in [3.05, 3.63) is 30.3 Å². The first kappa shape index (κ1) is 6.73. The summed E-state index contributed by atoms with van der Waals surface area (Å²) in [5.41, 5.74) is 0. The van der Waals surface area contributed by atoms with E-state index in [9.17, 15) is 0 Å². The SMILES string of the molecule is [Ce+3].c1cc[cH-]c1. The van der Waals surface area contributed by atoms with Crippen LogP contribution in [0.5, 0.6) is 0 Å². The van der Waals surface area contributed by atoms with E-state index in [0.717, 1.165) is 0 Å². The van der Waals surface area contributed by atoms with Crippen molar-refractivity contribution in [3.8, 4) is 0 Å². The van der Waals surface area contributed by atoms with Gasteiger partial charge in [-0.25, -0.2) is 12.1 Å². The van der Waals surface area contributed by atoms with E-state index in [1.807, 2.05) is 30.3 Å². The van der Waals surface area contributed by atoms with Crippen LogP contribution in [0.2, 0.25) is 0 Å². The maximum Gasteiger partial charge on any atom is 3.00 e. The standard InChI is InChI=1S/C5H5.Ce/c1-2-4-5-3-1;/h1-5H;/q-1;+3. The Morgan fingerprint density at radius 3 is 1.67 bits per heavy atom. The van der Waals surface area contributed by atoms with Gasteiger partial charge in [0, 0.05) is 0 Å². The fraction of sp³-hybridized carbons (Fsp3) is 0. The maximum absolute atomic E-state index is 2.00. The largest absolute Gasteiger partial charge is 3.00 e. The minimum absolute atomic E-state index is 0. The molecule has 0 fully saturated rings. The number of rotatable bonds is 0. The van der Waals surface area contributed by atoms with E-state index < -0.39 is 0 Å². The summed E-state index contributed by atoms with van der Waals surface area (Å²) in [4.78, 5) is 0. The van der Waals surface area contributed by atoms with Crippen LogP contribution in [0.25, 0.3) is 0 Å². The molecule has 6 heavy (non-hydrogen) atoms. The molecule has 0 amide bonds. The van der Waals surface area contributed by atoms with Crippen LogP contribution in [-0.4, -0.2) is 0 Å². The monoisotopic (exact) mass is 205 g/mol. The molecule has 0 saturated heterocycles. The minimum atomic E-state index is 0. The summed E-state index contributed by atoms with van der Waals surface area (Å²) in [7, 11) is 0. The average Bonchev–Trinajstić information content (AvgIpc) is 1.76. The summed E-state index contributed by atoms with van der Waals surface area (Å²) in [6, 6.07) is 10.0. The topological polar surface area (TPSA) is 0 Å².